The summed E-state index contributed by atoms with van der Waals surface area (Å²) in [6.07, 6.45) is 6.44. The summed E-state index contributed by atoms with van der Waals surface area (Å²) in [6, 6.07) is 11.1. The zero-order chi connectivity index (χ0) is 24.8. The van der Waals surface area contributed by atoms with E-state index in [4.69, 9.17) is 13.9 Å². The summed E-state index contributed by atoms with van der Waals surface area (Å²) in [5.41, 5.74) is 0.998. The molecule has 3 aromatic rings. The molecule has 2 aromatic heterocycles. The molecule has 1 saturated heterocycles. The Kier molecular flexibility index (Phi) is 7.50. The molecule has 0 saturated carbocycles. The number of ether oxygens (including phenoxy) is 2. The summed E-state index contributed by atoms with van der Waals surface area (Å²) in [7, 11) is 0. The molecule has 1 N–H and O–H groups in total. The molecule has 3 heterocycles. The predicted molar refractivity (Wildman–Crippen MR) is 129 cm³/mol. The van der Waals surface area contributed by atoms with Crippen LogP contribution in [0.3, 0.4) is 0 Å². The fourth-order valence-electron chi connectivity index (χ4n) is 4.03. The van der Waals surface area contributed by atoms with Crippen LogP contribution < -0.4 is 9.47 Å². The van der Waals surface area contributed by atoms with E-state index in [0.29, 0.717) is 41.6 Å². The Balaban J connectivity index is 1.82. The fourth-order valence-corrected chi connectivity index (χ4v) is 4.03. The van der Waals surface area contributed by atoms with Gasteiger partial charge >= 0.3 is 0 Å². The van der Waals surface area contributed by atoms with Gasteiger partial charge in [-0.25, -0.2) is 0 Å². The summed E-state index contributed by atoms with van der Waals surface area (Å²) in [5.74, 6) is -0.139. The maximum absolute atomic E-state index is 13.2. The van der Waals surface area contributed by atoms with E-state index >= 15 is 0 Å². The normalized spacial score (nSPS) is 17.1. The third kappa shape index (κ3) is 5.06. The molecule has 35 heavy (non-hydrogen) atoms. The van der Waals surface area contributed by atoms with Crippen LogP contribution in [-0.2, 0) is 16.1 Å². The molecule has 8 nitrogen and oxygen atoms in total. The highest BCUT2D eigenvalue weighted by Gasteiger charge is 2.46. The van der Waals surface area contributed by atoms with E-state index in [1.165, 1.54) is 23.6 Å². The largest absolute Gasteiger partial charge is 0.507 e. The van der Waals surface area contributed by atoms with Crippen molar-refractivity contribution >= 4 is 17.4 Å². The summed E-state index contributed by atoms with van der Waals surface area (Å²) in [6.45, 7) is 4.98. The topological polar surface area (TPSA) is 102 Å². The minimum atomic E-state index is -0.850. The smallest absolute Gasteiger partial charge is 0.296 e. The quantitative estimate of drug-likeness (QED) is 0.193. The molecule has 1 fully saturated rings. The average molecular weight is 477 g/mol. The van der Waals surface area contributed by atoms with Gasteiger partial charge in [0, 0.05) is 18.0 Å². The Hall–Kier alpha value is -4.07. The molecule has 0 bridgehead atoms. The van der Waals surface area contributed by atoms with Gasteiger partial charge in [-0.1, -0.05) is 19.4 Å². The van der Waals surface area contributed by atoms with Crippen LogP contribution in [0.25, 0.3) is 5.76 Å². The predicted octanol–water partition coefficient (Wildman–Crippen LogP) is 4.87. The van der Waals surface area contributed by atoms with E-state index in [9.17, 15) is 14.7 Å². The third-order valence-corrected chi connectivity index (χ3v) is 5.74. The van der Waals surface area contributed by atoms with E-state index in [-0.39, 0.29) is 17.9 Å². The summed E-state index contributed by atoms with van der Waals surface area (Å²) in [5, 5.41) is 11.1. The zero-order valence-electron chi connectivity index (χ0n) is 19.8. The lowest BCUT2D eigenvalue weighted by Gasteiger charge is -2.25. The van der Waals surface area contributed by atoms with Crippen LogP contribution in [-0.4, -0.2) is 39.9 Å². The number of rotatable bonds is 10. The van der Waals surface area contributed by atoms with Crippen LogP contribution >= 0.6 is 0 Å². The summed E-state index contributed by atoms with van der Waals surface area (Å²) < 4.78 is 17.2. The zero-order valence-corrected chi connectivity index (χ0v) is 19.8. The number of Topliss-reactive ketones (excluding diaryl/α,β-unsaturated/α-hetero) is 1. The first-order valence-electron chi connectivity index (χ1n) is 11.7. The van der Waals surface area contributed by atoms with Crippen LogP contribution in [0.5, 0.6) is 11.5 Å². The number of pyridine rings is 1. The number of likely N-dealkylation sites (tertiary alicyclic amines) is 1. The first kappa shape index (κ1) is 24.1. The number of amides is 1. The standard InChI is InChI=1S/C27H28N2O6/c1-3-5-14-35-21-9-8-19(16-22(21)33-4-2)24-23(25(30)18-10-12-28-13-11-18)26(31)27(32)29(24)17-20-7-6-15-34-20/h6-13,15-16,24,30H,3-5,14,17H2,1-2H3. The molecule has 0 radical (unpaired) electrons. The molecule has 1 aliphatic heterocycles. The molecular formula is C27H28N2O6. The lowest BCUT2D eigenvalue weighted by atomic mass is 9.95. The second-order valence-corrected chi connectivity index (χ2v) is 8.08. The van der Waals surface area contributed by atoms with Crippen molar-refractivity contribution in [3.8, 4) is 11.5 Å². The van der Waals surface area contributed by atoms with Gasteiger partial charge < -0.3 is 23.9 Å². The molecule has 4 rings (SSSR count). The van der Waals surface area contributed by atoms with Gasteiger partial charge in [0.2, 0.25) is 0 Å². The van der Waals surface area contributed by atoms with Crippen molar-refractivity contribution in [1.82, 2.24) is 9.88 Å². The van der Waals surface area contributed by atoms with Crippen LogP contribution in [0.15, 0.2) is 71.1 Å². The van der Waals surface area contributed by atoms with Crippen LogP contribution in [0, 0.1) is 0 Å². The van der Waals surface area contributed by atoms with Gasteiger partial charge in [0.05, 0.1) is 37.6 Å². The van der Waals surface area contributed by atoms with E-state index < -0.39 is 17.7 Å². The van der Waals surface area contributed by atoms with Crippen LogP contribution in [0.4, 0.5) is 0 Å². The SMILES string of the molecule is CCCCOc1ccc(C2C(=C(O)c3ccncc3)C(=O)C(=O)N2Cc2ccco2)cc1OCC. The number of furan rings is 1. The molecule has 182 valence electrons. The third-order valence-electron chi connectivity index (χ3n) is 5.74. The number of aliphatic hydroxyl groups excluding tert-OH is 1. The highest BCUT2D eigenvalue weighted by atomic mass is 16.5. The highest BCUT2D eigenvalue weighted by Crippen LogP contribution is 2.42. The molecule has 1 aromatic carbocycles. The fraction of sp³-hybridized carbons (Fsp3) is 0.296. The van der Waals surface area contributed by atoms with Gasteiger partial charge in [-0.05, 0) is 55.3 Å². The maximum Gasteiger partial charge on any atom is 0.296 e. The maximum atomic E-state index is 13.2. The van der Waals surface area contributed by atoms with E-state index in [1.54, 1.807) is 42.5 Å². The van der Waals surface area contributed by atoms with Crippen molar-refractivity contribution in [2.24, 2.45) is 0 Å². The number of benzene rings is 1. The average Bonchev–Trinajstić information content (AvgIpc) is 3.48. The second-order valence-electron chi connectivity index (χ2n) is 8.08. The minimum absolute atomic E-state index is 0.00476. The van der Waals surface area contributed by atoms with Crippen molar-refractivity contribution in [3.63, 3.8) is 0 Å². The van der Waals surface area contributed by atoms with Crippen molar-refractivity contribution in [3.05, 3.63) is 83.6 Å². The highest BCUT2D eigenvalue weighted by molar-refractivity contribution is 6.46. The first-order valence-corrected chi connectivity index (χ1v) is 11.7. The van der Waals surface area contributed by atoms with Crippen LogP contribution in [0.1, 0.15) is 49.6 Å². The molecular weight excluding hydrogens is 448 g/mol. The van der Waals surface area contributed by atoms with Gasteiger partial charge in [-0.15, -0.1) is 0 Å². The number of aromatic nitrogens is 1. The Morgan fingerprint density at radius 3 is 2.57 bits per heavy atom. The lowest BCUT2D eigenvalue weighted by molar-refractivity contribution is -0.140. The molecule has 0 aliphatic carbocycles. The van der Waals surface area contributed by atoms with Gasteiger partial charge in [0.25, 0.3) is 11.7 Å². The lowest BCUT2D eigenvalue weighted by Crippen LogP contribution is -2.29. The molecule has 8 heteroatoms. The molecule has 1 atom stereocenters. The molecule has 1 aliphatic rings. The summed E-state index contributed by atoms with van der Waals surface area (Å²) >= 11 is 0. The number of carbonyl (C=O) groups excluding carboxylic acids is 2. The Morgan fingerprint density at radius 2 is 1.89 bits per heavy atom. The first-order chi connectivity index (χ1) is 17.0. The van der Waals surface area contributed by atoms with Crippen molar-refractivity contribution in [2.45, 2.75) is 39.3 Å². The number of carbonyl (C=O) groups is 2. The Labute approximate surface area is 203 Å². The van der Waals surface area contributed by atoms with Gasteiger partial charge in [-0.2, -0.15) is 0 Å². The molecule has 0 spiro atoms. The number of nitrogens with zero attached hydrogens (tertiary/aromatic N) is 2. The Morgan fingerprint density at radius 1 is 1.09 bits per heavy atom. The number of ketones is 1. The van der Waals surface area contributed by atoms with Gasteiger partial charge in [0.15, 0.2) is 11.5 Å². The van der Waals surface area contributed by atoms with Crippen molar-refractivity contribution < 1.29 is 28.6 Å². The van der Waals surface area contributed by atoms with E-state index in [1.807, 2.05) is 6.92 Å². The second kappa shape index (κ2) is 10.9. The number of unbranched alkanes of at least 4 members (excludes halogenated alkanes) is 1. The summed E-state index contributed by atoms with van der Waals surface area (Å²) in [4.78, 5) is 31.7. The number of aliphatic hydroxyl groups is 1. The van der Waals surface area contributed by atoms with E-state index in [0.717, 1.165) is 12.8 Å². The van der Waals surface area contributed by atoms with Crippen molar-refractivity contribution in [1.29, 1.82) is 0 Å². The number of hydrogen-bond donors (Lipinski definition) is 1. The van der Waals surface area contributed by atoms with Gasteiger partial charge in [-0.3, -0.25) is 14.6 Å². The van der Waals surface area contributed by atoms with E-state index in [2.05, 4.69) is 11.9 Å². The molecule has 1 amide bonds. The minimum Gasteiger partial charge on any atom is -0.507 e. The Bertz CT molecular complexity index is 1200. The van der Waals surface area contributed by atoms with Crippen molar-refractivity contribution in [2.75, 3.05) is 13.2 Å². The monoisotopic (exact) mass is 476 g/mol. The molecule has 1 unspecified atom stereocenters. The van der Waals surface area contributed by atoms with Gasteiger partial charge in [0.1, 0.15) is 11.5 Å². The number of hydrogen-bond acceptors (Lipinski definition) is 7. The van der Waals surface area contributed by atoms with Crippen LogP contribution in [0.2, 0.25) is 0 Å².